The molecule has 3 heterocycles. The molecular formula is C10H8N2S. The van der Waals surface area contributed by atoms with Crippen molar-refractivity contribution in [2.45, 2.75) is 6.92 Å². The van der Waals surface area contributed by atoms with Gasteiger partial charge in [-0.25, -0.2) is 4.98 Å². The predicted octanol–water partition coefficient (Wildman–Crippen LogP) is 2.86. The first-order valence-electron chi connectivity index (χ1n) is 4.17. The van der Waals surface area contributed by atoms with Gasteiger partial charge in [0.05, 0.1) is 16.7 Å². The van der Waals surface area contributed by atoms with E-state index in [0.717, 1.165) is 11.2 Å². The Morgan fingerprint density at radius 3 is 3.23 bits per heavy atom. The van der Waals surface area contributed by atoms with Crippen molar-refractivity contribution in [3.63, 3.8) is 0 Å². The van der Waals surface area contributed by atoms with E-state index < -0.39 is 0 Å². The van der Waals surface area contributed by atoms with Gasteiger partial charge in [0.25, 0.3) is 0 Å². The Morgan fingerprint density at radius 1 is 1.38 bits per heavy atom. The summed E-state index contributed by atoms with van der Waals surface area (Å²) in [6.07, 6.45) is 2.09. The minimum absolute atomic E-state index is 1.09. The molecule has 64 valence electrons. The molecule has 0 radical (unpaired) electrons. The number of hydrogen-bond donors (Lipinski definition) is 0. The van der Waals surface area contributed by atoms with Crippen LogP contribution < -0.4 is 0 Å². The van der Waals surface area contributed by atoms with Gasteiger partial charge in [-0.05, 0) is 30.5 Å². The monoisotopic (exact) mass is 188 g/mol. The molecule has 3 aromatic rings. The molecule has 0 saturated carbocycles. The van der Waals surface area contributed by atoms with Gasteiger partial charge >= 0.3 is 0 Å². The Hall–Kier alpha value is -1.35. The highest BCUT2D eigenvalue weighted by Crippen LogP contribution is 2.22. The molecule has 0 spiro atoms. The molecule has 3 heteroatoms. The average Bonchev–Trinajstić information content (AvgIpc) is 2.66. The van der Waals surface area contributed by atoms with E-state index in [1.807, 2.05) is 6.92 Å². The van der Waals surface area contributed by atoms with Crippen LogP contribution in [-0.4, -0.2) is 9.38 Å². The lowest BCUT2D eigenvalue weighted by Gasteiger charge is -1.99. The summed E-state index contributed by atoms with van der Waals surface area (Å²) in [4.78, 5) is 5.75. The third-order valence-electron chi connectivity index (χ3n) is 2.25. The van der Waals surface area contributed by atoms with Gasteiger partial charge in [0.15, 0.2) is 0 Å². The van der Waals surface area contributed by atoms with Crippen LogP contribution in [0.25, 0.3) is 15.9 Å². The van der Waals surface area contributed by atoms with E-state index in [1.165, 1.54) is 10.3 Å². The van der Waals surface area contributed by atoms with Crippen LogP contribution in [0.5, 0.6) is 0 Å². The summed E-state index contributed by atoms with van der Waals surface area (Å²) in [6, 6.07) is 6.22. The summed E-state index contributed by atoms with van der Waals surface area (Å²) in [7, 11) is 0. The number of aryl methyl sites for hydroxylation is 1. The maximum absolute atomic E-state index is 4.53. The Bertz CT molecular complexity index is 577. The summed E-state index contributed by atoms with van der Waals surface area (Å²) < 4.78 is 2.20. The van der Waals surface area contributed by atoms with E-state index in [-0.39, 0.29) is 0 Å². The maximum atomic E-state index is 4.53. The van der Waals surface area contributed by atoms with Crippen LogP contribution in [0.1, 0.15) is 5.69 Å². The van der Waals surface area contributed by atoms with Crippen molar-refractivity contribution in [1.82, 2.24) is 9.38 Å². The van der Waals surface area contributed by atoms with Crippen LogP contribution in [-0.2, 0) is 0 Å². The van der Waals surface area contributed by atoms with Crippen molar-refractivity contribution in [2.75, 3.05) is 0 Å². The Labute approximate surface area is 79.5 Å². The lowest BCUT2D eigenvalue weighted by Crippen LogP contribution is -1.89. The van der Waals surface area contributed by atoms with Crippen molar-refractivity contribution in [3.8, 4) is 0 Å². The van der Waals surface area contributed by atoms with Gasteiger partial charge in [0, 0.05) is 6.20 Å². The number of hydrogen-bond acceptors (Lipinski definition) is 2. The number of fused-ring (bicyclic) bond motifs is 3. The van der Waals surface area contributed by atoms with E-state index in [9.17, 15) is 0 Å². The normalized spacial score (nSPS) is 11.5. The van der Waals surface area contributed by atoms with Crippen molar-refractivity contribution in [3.05, 3.63) is 35.5 Å². The van der Waals surface area contributed by atoms with E-state index >= 15 is 0 Å². The van der Waals surface area contributed by atoms with Crippen molar-refractivity contribution >= 4 is 27.2 Å². The number of nitrogens with zero attached hydrogens (tertiary/aromatic N) is 2. The Balaban J connectivity index is 2.70. The zero-order valence-electron chi connectivity index (χ0n) is 7.19. The summed E-state index contributed by atoms with van der Waals surface area (Å²) in [5, 5.41) is 2.08. The lowest BCUT2D eigenvalue weighted by molar-refractivity contribution is 1.19. The molecule has 0 aromatic carbocycles. The first-order valence-corrected chi connectivity index (χ1v) is 5.05. The fraction of sp³-hybridized carbons (Fsp3) is 0.100. The quantitative estimate of drug-likeness (QED) is 0.530. The Kier molecular flexibility index (Phi) is 1.27. The van der Waals surface area contributed by atoms with Gasteiger partial charge in [0.2, 0.25) is 0 Å². The SMILES string of the molecule is Cc1nc2ccsc2n2cccc12. The van der Waals surface area contributed by atoms with Crippen LogP contribution in [0.3, 0.4) is 0 Å². The predicted molar refractivity (Wildman–Crippen MR) is 55.3 cm³/mol. The third kappa shape index (κ3) is 0.848. The molecule has 0 bridgehead atoms. The standard InChI is InChI=1S/C10H8N2S/c1-7-9-3-2-5-12(9)10-8(11-7)4-6-13-10/h2-6H,1H3. The third-order valence-corrected chi connectivity index (χ3v) is 3.15. The second kappa shape index (κ2) is 2.33. The number of rotatable bonds is 0. The van der Waals surface area contributed by atoms with Crippen LogP contribution >= 0.6 is 11.3 Å². The summed E-state index contributed by atoms with van der Waals surface area (Å²) in [5.74, 6) is 0. The highest BCUT2D eigenvalue weighted by molar-refractivity contribution is 7.16. The molecule has 0 amide bonds. The van der Waals surface area contributed by atoms with Crippen LogP contribution in [0.15, 0.2) is 29.8 Å². The first-order chi connectivity index (χ1) is 6.36. The fourth-order valence-electron chi connectivity index (χ4n) is 1.65. The zero-order chi connectivity index (χ0) is 8.84. The van der Waals surface area contributed by atoms with Gasteiger partial charge in [-0.3, -0.25) is 0 Å². The van der Waals surface area contributed by atoms with Gasteiger partial charge in [-0.15, -0.1) is 11.3 Å². The molecule has 0 fully saturated rings. The van der Waals surface area contributed by atoms with E-state index in [1.54, 1.807) is 11.3 Å². The summed E-state index contributed by atoms with van der Waals surface area (Å²) in [6.45, 7) is 2.05. The molecule has 0 aliphatic carbocycles. The molecule has 0 unspecified atom stereocenters. The highest BCUT2D eigenvalue weighted by atomic mass is 32.1. The minimum Gasteiger partial charge on any atom is -0.305 e. The Morgan fingerprint density at radius 2 is 2.31 bits per heavy atom. The highest BCUT2D eigenvalue weighted by Gasteiger charge is 2.04. The fourth-order valence-corrected chi connectivity index (χ4v) is 2.48. The molecule has 0 aliphatic heterocycles. The average molecular weight is 188 g/mol. The second-order valence-corrected chi connectivity index (χ2v) is 3.97. The summed E-state index contributed by atoms with van der Waals surface area (Å²) >= 11 is 1.73. The number of thiophene rings is 1. The minimum atomic E-state index is 1.09. The molecule has 0 atom stereocenters. The smallest absolute Gasteiger partial charge is 0.126 e. The molecule has 3 aromatic heterocycles. The van der Waals surface area contributed by atoms with Gasteiger partial charge < -0.3 is 4.40 Å². The van der Waals surface area contributed by atoms with Gasteiger partial charge in [-0.2, -0.15) is 0 Å². The zero-order valence-corrected chi connectivity index (χ0v) is 8.01. The molecule has 3 rings (SSSR count). The van der Waals surface area contributed by atoms with E-state index in [0.29, 0.717) is 0 Å². The van der Waals surface area contributed by atoms with Crippen LogP contribution in [0.2, 0.25) is 0 Å². The van der Waals surface area contributed by atoms with Crippen LogP contribution in [0, 0.1) is 6.92 Å². The molecular weight excluding hydrogens is 180 g/mol. The maximum Gasteiger partial charge on any atom is 0.126 e. The van der Waals surface area contributed by atoms with Crippen molar-refractivity contribution < 1.29 is 0 Å². The molecule has 0 saturated heterocycles. The number of aromatic nitrogens is 2. The second-order valence-electron chi connectivity index (χ2n) is 3.07. The molecule has 13 heavy (non-hydrogen) atoms. The van der Waals surface area contributed by atoms with Crippen LogP contribution in [0.4, 0.5) is 0 Å². The molecule has 0 N–H and O–H groups in total. The van der Waals surface area contributed by atoms with Gasteiger partial charge in [-0.1, -0.05) is 0 Å². The molecule has 0 aliphatic rings. The topological polar surface area (TPSA) is 17.3 Å². The molecule has 2 nitrogen and oxygen atoms in total. The largest absolute Gasteiger partial charge is 0.305 e. The summed E-state index contributed by atoms with van der Waals surface area (Å²) in [5.41, 5.74) is 3.39. The van der Waals surface area contributed by atoms with Crippen molar-refractivity contribution in [1.29, 1.82) is 0 Å². The first kappa shape index (κ1) is 7.09. The van der Waals surface area contributed by atoms with Crippen molar-refractivity contribution in [2.24, 2.45) is 0 Å². The van der Waals surface area contributed by atoms with E-state index in [2.05, 4.69) is 39.2 Å². The van der Waals surface area contributed by atoms with Gasteiger partial charge in [0.1, 0.15) is 4.83 Å². The van der Waals surface area contributed by atoms with E-state index in [4.69, 9.17) is 0 Å². The lowest BCUT2D eigenvalue weighted by atomic mass is 10.4.